The molecule has 0 atom stereocenters. The molecule has 19 heavy (non-hydrogen) atoms. The molecule has 0 aliphatic carbocycles. The van der Waals surface area contributed by atoms with Gasteiger partial charge in [0.2, 0.25) is 0 Å². The van der Waals surface area contributed by atoms with Gasteiger partial charge in [-0.1, -0.05) is 30.3 Å². The Kier molecular flexibility index (Phi) is 4.19. The first-order chi connectivity index (χ1) is 9.08. The molecule has 2 rings (SSSR count). The second-order valence-electron chi connectivity index (χ2n) is 4.27. The highest BCUT2D eigenvalue weighted by Crippen LogP contribution is 2.20. The van der Waals surface area contributed by atoms with Crippen molar-refractivity contribution in [1.82, 2.24) is 0 Å². The summed E-state index contributed by atoms with van der Waals surface area (Å²) in [5.74, 6) is -0.208. The van der Waals surface area contributed by atoms with Crippen LogP contribution in [0.15, 0.2) is 42.5 Å². The quantitative estimate of drug-likeness (QED) is 0.817. The Labute approximate surface area is 111 Å². The van der Waals surface area contributed by atoms with Gasteiger partial charge in [0.05, 0.1) is 0 Å². The second kappa shape index (κ2) is 5.86. The van der Waals surface area contributed by atoms with Gasteiger partial charge in [0.25, 0.3) is 0 Å². The van der Waals surface area contributed by atoms with Gasteiger partial charge in [-0.15, -0.1) is 0 Å². The van der Waals surface area contributed by atoms with Crippen LogP contribution < -0.4 is 10.2 Å². The van der Waals surface area contributed by atoms with Crippen LogP contribution in [0, 0.1) is 12.7 Å². The summed E-state index contributed by atoms with van der Waals surface area (Å²) in [7, 11) is -1.71. The summed E-state index contributed by atoms with van der Waals surface area (Å²) in [6, 6.07) is 12.0. The molecule has 0 spiro atoms. The van der Waals surface area contributed by atoms with Crippen molar-refractivity contribution in [2.75, 3.05) is 0 Å². The Morgan fingerprint density at radius 3 is 2.47 bits per heavy atom. The van der Waals surface area contributed by atoms with Gasteiger partial charge < -0.3 is 14.8 Å². The third-order valence-electron chi connectivity index (χ3n) is 2.85. The van der Waals surface area contributed by atoms with E-state index in [0.717, 1.165) is 11.6 Å². The topological polar surface area (TPSA) is 49.7 Å². The first kappa shape index (κ1) is 13.6. The van der Waals surface area contributed by atoms with Crippen LogP contribution >= 0.6 is 0 Å². The number of hydrogen-bond acceptors (Lipinski definition) is 3. The number of halogens is 1. The maximum absolute atomic E-state index is 13.6. The molecule has 2 aromatic rings. The zero-order valence-electron chi connectivity index (χ0n) is 10.5. The molecule has 98 valence electrons. The third kappa shape index (κ3) is 3.33. The van der Waals surface area contributed by atoms with Gasteiger partial charge in [0, 0.05) is 5.56 Å². The van der Waals surface area contributed by atoms with E-state index in [0.29, 0.717) is 17.9 Å². The van der Waals surface area contributed by atoms with Crippen LogP contribution in [0.1, 0.15) is 11.1 Å². The highest BCUT2D eigenvalue weighted by atomic mass is 19.1. The maximum atomic E-state index is 13.6. The fourth-order valence-corrected chi connectivity index (χ4v) is 1.71. The molecule has 0 unspecified atom stereocenters. The molecule has 0 bridgehead atoms. The first-order valence-corrected chi connectivity index (χ1v) is 5.91. The summed E-state index contributed by atoms with van der Waals surface area (Å²) in [6.07, 6.45) is 0. The van der Waals surface area contributed by atoms with E-state index < -0.39 is 12.9 Å². The van der Waals surface area contributed by atoms with Crippen LogP contribution in [-0.2, 0) is 6.61 Å². The van der Waals surface area contributed by atoms with Crippen LogP contribution in [0.4, 0.5) is 4.39 Å². The molecule has 0 heterocycles. The average Bonchev–Trinajstić information content (AvgIpc) is 2.41. The number of hydrogen-bond donors (Lipinski definition) is 2. The number of ether oxygens (including phenoxy) is 1. The number of rotatable bonds is 4. The lowest BCUT2D eigenvalue weighted by atomic mass is 9.79. The molecule has 0 radical (unpaired) electrons. The van der Waals surface area contributed by atoms with Crippen molar-refractivity contribution in [1.29, 1.82) is 0 Å². The van der Waals surface area contributed by atoms with E-state index in [4.69, 9.17) is 14.8 Å². The van der Waals surface area contributed by atoms with Crippen LogP contribution in [0.5, 0.6) is 5.75 Å². The van der Waals surface area contributed by atoms with Crippen LogP contribution in [-0.4, -0.2) is 17.2 Å². The molecular weight excluding hydrogens is 246 g/mol. The van der Waals surface area contributed by atoms with Gasteiger partial charge in [0.15, 0.2) is 0 Å². The second-order valence-corrected chi connectivity index (χ2v) is 4.27. The molecule has 0 aliphatic rings. The van der Waals surface area contributed by atoms with Crippen molar-refractivity contribution in [3.8, 4) is 5.75 Å². The smallest absolute Gasteiger partial charge is 0.488 e. The third-order valence-corrected chi connectivity index (χ3v) is 2.85. The molecule has 0 aromatic heterocycles. The first-order valence-electron chi connectivity index (χ1n) is 5.91. The molecule has 2 aromatic carbocycles. The lowest BCUT2D eigenvalue weighted by Gasteiger charge is -2.12. The lowest BCUT2D eigenvalue weighted by Crippen LogP contribution is -2.30. The highest BCUT2D eigenvalue weighted by Gasteiger charge is 2.16. The highest BCUT2D eigenvalue weighted by molar-refractivity contribution is 6.58. The van der Waals surface area contributed by atoms with Crippen molar-refractivity contribution in [2.45, 2.75) is 13.5 Å². The molecule has 0 aliphatic heterocycles. The summed E-state index contributed by atoms with van der Waals surface area (Å²) in [6.45, 7) is 1.88. The number of benzene rings is 2. The standard InChI is InChI=1S/C14H14BFO3/c1-10-13(16)7-12(15(17)18)8-14(10)19-9-11-5-3-2-4-6-11/h2-8,17-18H,9H2,1H3. The lowest BCUT2D eigenvalue weighted by molar-refractivity contribution is 0.302. The SMILES string of the molecule is Cc1c(F)cc(B(O)O)cc1OCc1ccccc1. The molecule has 2 N–H and O–H groups in total. The summed E-state index contributed by atoms with van der Waals surface area (Å²) in [4.78, 5) is 0. The van der Waals surface area contributed by atoms with Crippen LogP contribution in [0.3, 0.4) is 0 Å². The van der Waals surface area contributed by atoms with Crippen LogP contribution in [0.2, 0.25) is 0 Å². The summed E-state index contributed by atoms with van der Waals surface area (Å²) in [5, 5.41) is 18.2. The largest absolute Gasteiger partial charge is 0.489 e. The fourth-order valence-electron chi connectivity index (χ4n) is 1.71. The molecule has 0 amide bonds. The predicted molar refractivity (Wildman–Crippen MR) is 71.7 cm³/mol. The zero-order valence-corrected chi connectivity index (χ0v) is 10.5. The molecule has 0 fully saturated rings. The Bertz CT molecular complexity index is 558. The van der Waals surface area contributed by atoms with E-state index in [1.54, 1.807) is 6.92 Å². The van der Waals surface area contributed by atoms with E-state index in [1.165, 1.54) is 6.07 Å². The fraction of sp³-hybridized carbons (Fsp3) is 0.143. The van der Waals surface area contributed by atoms with Crippen molar-refractivity contribution in [2.24, 2.45) is 0 Å². The van der Waals surface area contributed by atoms with Crippen molar-refractivity contribution in [3.05, 3.63) is 59.4 Å². The maximum Gasteiger partial charge on any atom is 0.488 e. The molecule has 0 saturated heterocycles. The Morgan fingerprint density at radius 1 is 1.16 bits per heavy atom. The Morgan fingerprint density at radius 2 is 1.84 bits per heavy atom. The summed E-state index contributed by atoms with van der Waals surface area (Å²) < 4.78 is 19.2. The monoisotopic (exact) mass is 260 g/mol. The molecular formula is C14H14BFO3. The van der Waals surface area contributed by atoms with E-state index >= 15 is 0 Å². The van der Waals surface area contributed by atoms with E-state index in [-0.39, 0.29) is 5.46 Å². The minimum absolute atomic E-state index is 0.0751. The average molecular weight is 260 g/mol. The van der Waals surface area contributed by atoms with Crippen molar-refractivity contribution < 1.29 is 19.2 Å². The Hall–Kier alpha value is -1.85. The normalized spacial score (nSPS) is 10.3. The van der Waals surface area contributed by atoms with Gasteiger partial charge in [-0.2, -0.15) is 0 Å². The van der Waals surface area contributed by atoms with Crippen LogP contribution in [0.25, 0.3) is 0 Å². The minimum Gasteiger partial charge on any atom is -0.489 e. The van der Waals surface area contributed by atoms with Gasteiger partial charge in [-0.05, 0) is 30.1 Å². The van der Waals surface area contributed by atoms with Gasteiger partial charge in [-0.3, -0.25) is 0 Å². The van der Waals surface area contributed by atoms with Crippen molar-refractivity contribution >= 4 is 12.6 Å². The van der Waals surface area contributed by atoms with Gasteiger partial charge >= 0.3 is 7.12 Å². The van der Waals surface area contributed by atoms with Crippen molar-refractivity contribution in [3.63, 3.8) is 0 Å². The van der Waals surface area contributed by atoms with Gasteiger partial charge in [-0.25, -0.2) is 4.39 Å². The summed E-state index contributed by atoms with van der Waals surface area (Å²) in [5.41, 5.74) is 1.38. The van der Waals surface area contributed by atoms with E-state index in [2.05, 4.69) is 0 Å². The molecule has 0 saturated carbocycles. The Balaban J connectivity index is 2.20. The van der Waals surface area contributed by atoms with Gasteiger partial charge in [0.1, 0.15) is 18.2 Å². The zero-order chi connectivity index (χ0) is 13.8. The predicted octanol–water partition coefficient (Wildman–Crippen LogP) is 1.39. The minimum atomic E-state index is -1.71. The van der Waals surface area contributed by atoms with E-state index in [9.17, 15) is 4.39 Å². The summed E-state index contributed by atoms with van der Waals surface area (Å²) >= 11 is 0. The van der Waals surface area contributed by atoms with E-state index in [1.807, 2.05) is 30.3 Å². The molecule has 3 nitrogen and oxygen atoms in total. The molecule has 5 heteroatoms.